The van der Waals surface area contributed by atoms with E-state index >= 15 is 0 Å². The number of aryl methyl sites for hydroxylation is 1. The summed E-state index contributed by atoms with van der Waals surface area (Å²) in [6.07, 6.45) is 2.34. The van der Waals surface area contributed by atoms with Crippen LogP contribution in [0.1, 0.15) is 30.1 Å². The highest BCUT2D eigenvalue weighted by atomic mass is 32.2. The van der Waals surface area contributed by atoms with Crippen LogP contribution in [0.25, 0.3) is 0 Å². The maximum atomic E-state index is 12.1. The number of sulfonamides is 1. The summed E-state index contributed by atoms with van der Waals surface area (Å²) < 4.78 is 36.9. The van der Waals surface area contributed by atoms with Crippen LogP contribution < -0.4 is 10.0 Å². The van der Waals surface area contributed by atoms with Crippen molar-refractivity contribution in [2.24, 2.45) is 0 Å². The first-order valence-electron chi connectivity index (χ1n) is 6.77. The molecule has 0 spiro atoms. The standard InChI is InChI=1S/C13H17N3O4S/c1-9-6-12(20-16-9)8-15-21(17,18)13-5-4-11(19-13)7-14-10-2-3-10/h4-6,10,14-15H,2-3,7-8H2,1H3. The number of furan rings is 1. The molecule has 2 N–H and O–H groups in total. The Balaban J connectivity index is 1.60. The van der Waals surface area contributed by atoms with Crippen LogP contribution in [0.2, 0.25) is 0 Å². The molecular weight excluding hydrogens is 294 g/mol. The van der Waals surface area contributed by atoms with Crippen molar-refractivity contribution in [3.63, 3.8) is 0 Å². The summed E-state index contributed by atoms with van der Waals surface area (Å²) in [7, 11) is -3.68. The number of nitrogens with one attached hydrogen (secondary N) is 2. The zero-order valence-corrected chi connectivity index (χ0v) is 12.4. The van der Waals surface area contributed by atoms with Gasteiger partial charge in [0.1, 0.15) is 5.76 Å². The molecule has 1 fully saturated rings. The lowest BCUT2D eigenvalue weighted by Gasteiger charge is -2.02. The summed E-state index contributed by atoms with van der Waals surface area (Å²) in [5, 5.41) is 6.87. The molecule has 114 valence electrons. The fraction of sp³-hybridized carbons (Fsp3) is 0.462. The second-order valence-electron chi connectivity index (χ2n) is 5.14. The van der Waals surface area contributed by atoms with Crippen molar-refractivity contribution >= 4 is 10.0 Å². The van der Waals surface area contributed by atoms with E-state index in [9.17, 15) is 8.42 Å². The molecule has 0 saturated heterocycles. The van der Waals surface area contributed by atoms with Gasteiger partial charge in [0.2, 0.25) is 5.09 Å². The van der Waals surface area contributed by atoms with E-state index < -0.39 is 10.0 Å². The van der Waals surface area contributed by atoms with Crippen LogP contribution >= 0.6 is 0 Å². The monoisotopic (exact) mass is 311 g/mol. The number of hydrogen-bond acceptors (Lipinski definition) is 6. The Bertz CT molecular complexity index is 715. The third kappa shape index (κ3) is 3.72. The number of nitrogens with zero attached hydrogens (tertiary/aromatic N) is 1. The lowest BCUT2D eigenvalue weighted by Crippen LogP contribution is -2.22. The third-order valence-electron chi connectivity index (χ3n) is 3.16. The van der Waals surface area contributed by atoms with Crippen LogP contribution in [-0.2, 0) is 23.1 Å². The van der Waals surface area contributed by atoms with Crippen molar-refractivity contribution in [2.45, 2.75) is 44.0 Å². The molecule has 0 atom stereocenters. The fourth-order valence-corrected chi connectivity index (χ4v) is 2.81. The summed E-state index contributed by atoms with van der Waals surface area (Å²) in [4.78, 5) is 0. The first-order chi connectivity index (χ1) is 10.0. The highest BCUT2D eigenvalue weighted by molar-refractivity contribution is 7.89. The molecule has 7 nitrogen and oxygen atoms in total. The van der Waals surface area contributed by atoms with Crippen molar-refractivity contribution in [3.05, 3.63) is 35.4 Å². The highest BCUT2D eigenvalue weighted by Gasteiger charge is 2.22. The second kappa shape index (κ2) is 5.63. The number of rotatable bonds is 7. The van der Waals surface area contributed by atoms with Crippen LogP contribution in [0.3, 0.4) is 0 Å². The zero-order chi connectivity index (χ0) is 14.9. The van der Waals surface area contributed by atoms with Crippen LogP contribution in [0.5, 0.6) is 0 Å². The smallest absolute Gasteiger partial charge is 0.274 e. The normalized spacial score (nSPS) is 15.5. The summed E-state index contributed by atoms with van der Waals surface area (Å²) in [6.45, 7) is 2.36. The Morgan fingerprint density at radius 2 is 2.10 bits per heavy atom. The maximum absolute atomic E-state index is 12.1. The van der Waals surface area contributed by atoms with E-state index in [2.05, 4.69) is 15.2 Å². The lowest BCUT2D eigenvalue weighted by atomic mass is 10.4. The quantitative estimate of drug-likeness (QED) is 0.800. The molecule has 1 aliphatic rings. The average molecular weight is 311 g/mol. The first kappa shape index (κ1) is 14.3. The van der Waals surface area contributed by atoms with Gasteiger partial charge in [-0.1, -0.05) is 5.16 Å². The molecule has 0 unspecified atom stereocenters. The molecule has 0 aliphatic heterocycles. The van der Waals surface area contributed by atoms with Gasteiger partial charge in [0.05, 0.1) is 18.8 Å². The number of hydrogen-bond donors (Lipinski definition) is 2. The SMILES string of the molecule is Cc1cc(CNS(=O)(=O)c2ccc(CNC3CC3)o2)on1. The van der Waals surface area contributed by atoms with Crippen LogP contribution in [0, 0.1) is 6.92 Å². The molecule has 21 heavy (non-hydrogen) atoms. The molecule has 0 radical (unpaired) electrons. The molecular formula is C13H17N3O4S. The van der Waals surface area contributed by atoms with Gasteiger partial charge < -0.3 is 14.3 Å². The molecule has 1 saturated carbocycles. The molecule has 2 aromatic heterocycles. The number of aromatic nitrogens is 1. The van der Waals surface area contributed by atoms with Crippen molar-refractivity contribution in [2.75, 3.05) is 0 Å². The van der Waals surface area contributed by atoms with Crippen molar-refractivity contribution in [1.82, 2.24) is 15.2 Å². The van der Waals surface area contributed by atoms with Gasteiger partial charge in [0.25, 0.3) is 10.0 Å². The minimum absolute atomic E-state index is 0.0412. The highest BCUT2D eigenvalue weighted by Crippen LogP contribution is 2.20. The summed E-state index contributed by atoms with van der Waals surface area (Å²) in [6, 6.07) is 5.35. The van der Waals surface area contributed by atoms with Crippen LogP contribution in [0.4, 0.5) is 0 Å². The van der Waals surface area contributed by atoms with Crippen molar-refractivity contribution in [1.29, 1.82) is 0 Å². The third-order valence-corrected chi connectivity index (χ3v) is 4.43. The van der Waals surface area contributed by atoms with E-state index in [1.54, 1.807) is 19.1 Å². The van der Waals surface area contributed by atoms with E-state index in [4.69, 9.17) is 8.94 Å². The van der Waals surface area contributed by atoms with E-state index in [1.807, 2.05) is 0 Å². The first-order valence-corrected chi connectivity index (χ1v) is 8.25. The van der Waals surface area contributed by atoms with Gasteiger partial charge in [-0.2, -0.15) is 0 Å². The molecule has 2 aromatic rings. The van der Waals surface area contributed by atoms with Crippen LogP contribution in [0.15, 0.2) is 32.2 Å². The largest absolute Gasteiger partial charge is 0.447 e. The van der Waals surface area contributed by atoms with Gasteiger partial charge in [-0.25, -0.2) is 13.1 Å². The minimum Gasteiger partial charge on any atom is -0.447 e. The Morgan fingerprint density at radius 1 is 1.29 bits per heavy atom. The van der Waals surface area contributed by atoms with Gasteiger partial charge in [0, 0.05) is 12.1 Å². The fourth-order valence-electron chi connectivity index (χ4n) is 1.87. The molecule has 8 heteroatoms. The Kier molecular flexibility index (Phi) is 3.83. The summed E-state index contributed by atoms with van der Waals surface area (Å²) >= 11 is 0. The van der Waals surface area contributed by atoms with Crippen molar-refractivity contribution in [3.8, 4) is 0 Å². The topological polar surface area (TPSA) is 97.4 Å². The summed E-state index contributed by atoms with van der Waals surface area (Å²) in [5.74, 6) is 1.07. The van der Waals surface area contributed by atoms with Gasteiger partial charge in [-0.05, 0) is 31.9 Å². The molecule has 1 aliphatic carbocycles. The lowest BCUT2D eigenvalue weighted by molar-refractivity contribution is 0.373. The van der Waals surface area contributed by atoms with E-state index in [1.165, 1.54) is 18.9 Å². The van der Waals surface area contributed by atoms with E-state index in [-0.39, 0.29) is 11.6 Å². The van der Waals surface area contributed by atoms with E-state index in [0.717, 1.165) is 0 Å². The van der Waals surface area contributed by atoms with E-state index in [0.29, 0.717) is 29.8 Å². The van der Waals surface area contributed by atoms with Gasteiger partial charge in [0.15, 0.2) is 5.76 Å². The Hall–Kier alpha value is -1.64. The Labute approximate surface area is 122 Å². The zero-order valence-electron chi connectivity index (χ0n) is 11.6. The van der Waals surface area contributed by atoms with Gasteiger partial charge in [-0.3, -0.25) is 0 Å². The molecule has 3 rings (SSSR count). The molecule has 2 heterocycles. The predicted octanol–water partition coefficient (Wildman–Crippen LogP) is 1.31. The molecule has 0 bridgehead atoms. The average Bonchev–Trinajstić information content (AvgIpc) is 2.97. The molecule has 0 aromatic carbocycles. The van der Waals surface area contributed by atoms with Crippen LogP contribution in [-0.4, -0.2) is 19.6 Å². The Morgan fingerprint density at radius 3 is 2.76 bits per heavy atom. The molecule has 0 amide bonds. The second-order valence-corrected chi connectivity index (χ2v) is 6.83. The minimum atomic E-state index is -3.68. The maximum Gasteiger partial charge on any atom is 0.274 e. The van der Waals surface area contributed by atoms with Crippen molar-refractivity contribution < 1.29 is 17.4 Å². The predicted molar refractivity (Wildman–Crippen MR) is 73.8 cm³/mol. The van der Waals surface area contributed by atoms with Gasteiger partial charge >= 0.3 is 0 Å². The van der Waals surface area contributed by atoms with Gasteiger partial charge in [-0.15, -0.1) is 0 Å². The summed E-state index contributed by atoms with van der Waals surface area (Å²) in [5.41, 5.74) is 0.704.